The predicted molar refractivity (Wildman–Crippen MR) is 28.9 cm³/mol. The van der Waals surface area contributed by atoms with Crippen LogP contribution in [0.25, 0.3) is 0 Å². The summed E-state index contributed by atoms with van der Waals surface area (Å²) in [7, 11) is 0. The van der Waals surface area contributed by atoms with Crippen molar-refractivity contribution in [2.45, 2.75) is 12.5 Å². The molecule has 0 aliphatic heterocycles. The highest BCUT2D eigenvalue weighted by Gasteiger charge is 1.98. The molecule has 4 heteroatoms. The van der Waals surface area contributed by atoms with E-state index in [4.69, 9.17) is 16.7 Å². The molecule has 0 aromatic heterocycles. The minimum Gasteiger partial charge on any atom is -0.480 e. The van der Waals surface area contributed by atoms with Crippen molar-refractivity contribution in [1.29, 1.82) is 0 Å². The molecule has 1 unspecified atom stereocenters. The Labute approximate surface area is 52.2 Å². The van der Waals surface area contributed by atoms with E-state index in [9.17, 15) is 4.79 Å². The number of ether oxygens (including phenoxy) is 1. The van der Waals surface area contributed by atoms with Crippen LogP contribution in [0.15, 0.2) is 0 Å². The molecule has 3 nitrogen and oxygen atoms in total. The van der Waals surface area contributed by atoms with E-state index in [2.05, 4.69) is 4.74 Å². The number of halogens is 1. The number of carbonyl (C=O) groups is 1. The third kappa shape index (κ3) is 5.72. The summed E-state index contributed by atoms with van der Waals surface area (Å²) < 4.78 is 4.47. The van der Waals surface area contributed by atoms with Crippen LogP contribution in [0.3, 0.4) is 0 Å². The summed E-state index contributed by atoms with van der Waals surface area (Å²) in [5.74, 6) is -1.00. The highest BCUT2D eigenvalue weighted by Crippen LogP contribution is 1.93. The highest BCUT2D eigenvalue weighted by molar-refractivity contribution is 6.19. The number of carboxylic acid groups (broad SMARTS) is 1. The first-order valence-corrected chi connectivity index (χ1v) is 2.54. The molecule has 0 bridgehead atoms. The van der Waals surface area contributed by atoms with E-state index in [0.717, 1.165) is 0 Å². The second-order valence-corrected chi connectivity index (χ2v) is 1.86. The Morgan fingerprint density at radius 3 is 2.62 bits per heavy atom. The number of rotatable bonds is 3. The van der Waals surface area contributed by atoms with E-state index in [1.807, 2.05) is 0 Å². The van der Waals surface area contributed by atoms with Gasteiger partial charge < -0.3 is 9.84 Å². The standard InChI is InChI=1S/C4H7ClO3/c1-3(5)8-2-4(6)7/h3H,2H2,1H3,(H,6,7). The second kappa shape index (κ2) is 3.69. The van der Waals surface area contributed by atoms with Crippen LogP contribution < -0.4 is 0 Å². The molecule has 1 N–H and O–H groups in total. The Morgan fingerprint density at radius 1 is 2.00 bits per heavy atom. The maximum atomic E-state index is 9.72. The lowest BCUT2D eigenvalue weighted by Gasteiger charge is -1.99. The molecule has 0 heterocycles. The minimum absolute atomic E-state index is 0.329. The van der Waals surface area contributed by atoms with Gasteiger partial charge in [0.2, 0.25) is 0 Å². The fourth-order valence-corrected chi connectivity index (χ4v) is 0.249. The Morgan fingerprint density at radius 2 is 2.50 bits per heavy atom. The summed E-state index contributed by atoms with van der Waals surface area (Å²) in [5.41, 5.74) is -0.522. The fraction of sp³-hybridized carbons (Fsp3) is 0.750. The minimum atomic E-state index is -1.00. The lowest BCUT2D eigenvalue weighted by atomic mass is 10.7. The number of hydrogen-bond donors (Lipinski definition) is 1. The van der Waals surface area contributed by atoms with E-state index in [1.54, 1.807) is 6.92 Å². The molecular formula is C4H7ClO3. The van der Waals surface area contributed by atoms with Crippen molar-refractivity contribution in [3.05, 3.63) is 0 Å². The quantitative estimate of drug-likeness (QED) is 0.584. The molecule has 1 atom stereocenters. The average molecular weight is 139 g/mol. The monoisotopic (exact) mass is 138 g/mol. The molecule has 0 saturated heterocycles. The van der Waals surface area contributed by atoms with Crippen LogP contribution in [0.1, 0.15) is 6.92 Å². The smallest absolute Gasteiger partial charge is 0.329 e. The molecule has 8 heavy (non-hydrogen) atoms. The van der Waals surface area contributed by atoms with Gasteiger partial charge in [0.05, 0.1) is 0 Å². The summed E-state index contributed by atoms with van der Waals surface area (Å²) in [6, 6.07) is 0. The molecule has 0 radical (unpaired) electrons. The van der Waals surface area contributed by atoms with Crippen molar-refractivity contribution in [2.75, 3.05) is 6.61 Å². The van der Waals surface area contributed by atoms with Gasteiger partial charge in [0.15, 0.2) is 0 Å². The summed E-state index contributed by atoms with van der Waals surface area (Å²) >= 11 is 5.24. The number of alkyl halides is 1. The van der Waals surface area contributed by atoms with Crippen LogP contribution in [-0.2, 0) is 9.53 Å². The third-order valence-corrected chi connectivity index (χ3v) is 0.562. The number of hydrogen-bond acceptors (Lipinski definition) is 2. The summed E-state index contributed by atoms with van der Waals surface area (Å²) in [6.07, 6.45) is 0. The first-order chi connectivity index (χ1) is 3.63. The zero-order chi connectivity index (χ0) is 6.57. The third-order valence-electron chi connectivity index (χ3n) is 0.436. The van der Waals surface area contributed by atoms with E-state index in [1.165, 1.54) is 0 Å². The molecule has 0 amide bonds. The highest BCUT2D eigenvalue weighted by atomic mass is 35.5. The molecule has 0 aliphatic carbocycles. The lowest BCUT2D eigenvalue weighted by molar-refractivity contribution is -0.142. The topological polar surface area (TPSA) is 46.5 Å². The van der Waals surface area contributed by atoms with E-state index < -0.39 is 11.5 Å². The first-order valence-electron chi connectivity index (χ1n) is 2.10. The summed E-state index contributed by atoms with van der Waals surface area (Å²) in [4.78, 5) is 9.72. The van der Waals surface area contributed by atoms with Gasteiger partial charge in [-0.1, -0.05) is 11.6 Å². The maximum absolute atomic E-state index is 9.72. The van der Waals surface area contributed by atoms with Crippen LogP contribution >= 0.6 is 11.6 Å². The van der Waals surface area contributed by atoms with Gasteiger partial charge >= 0.3 is 5.97 Å². The van der Waals surface area contributed by atoms with Gasteiger partial charge in [0, 0.05) is 0 Å². The predicted octanol–water partition coefficient (Wildman–Crippen LogP) is 0.672. The Kier molecular flexibility index (Phi) is 3.56. The van der Waals surface area contributed by atoms with Gasteiger partial charge in [-0.3, -0.25) is 0 Å². The van der Waals surface area contributed by atoms with Gasteiger partial charge in [0.1, 0.15) is 12.2 Å². The van der Waals surface area contributed by atoms with Gasteiger partial charge in [-0.25, -0.2) is 4.79 Å². The van der Waals surface area contributed by atoms with Crippen molar-refractivity contribution in [1.82, 2.24) is 0 Å². The average Bonchev–Trinajstić information content (AvgIpc) is 1.61. The van der Waals surface area contributed by atoms with E-state index >= 15 is 0 Å². The zero-order valence-electron chi connectivity index (χ0n) is 4.43. The Balaban J connectivity index is 3.05. The van der Waals surface area contributed by atoms with Crippen LogP contribution in [0, 0.1) is 0 Å². The molecule has 0 rings (SSSR count). The van der Waals surface area contributed by atoms with Crippen LogP contribution in [0.5, 0.6) is 0 Å². The molecule has 0 fully saturated rings. The van der Waals surface area contributed by atoms with E-state index in [0.29, 0.717) is 0 Å². The summed E-state index contributed by atoms with van der Waals surface area (Å²) in [5, 5.41) is 7.98. The normalized spacial score (nSPS) is 13.2. The van der Waals surface area contributed by atoms with Crippen molar-refractivity contribution in [2.24, 2.45) is 0 Å². The van der Waals surface area contributed by atoms with Crippen molar-refractivity contribution >= 4 is 17.6 Å². The molecule has 48 valence electrons. The lowest BCUT2D eigenvalue weighted by Crippen LogP contribution is -2.10. The second-order valence-electron chi connectivity index (χ2n) is 1.25. The molecule has 0 saturated carbocycles. The van der Waals surface area contributed by atoms with Crippen molar-refractivity contribution in [3.8, 4) is 0 Å². The van der Waals surface area contributed by atoms with Gasteiger partial charge in [-0.2, -0.15) is 0 Å². The largest absolute Gasteiger partial charge is 0.480 e. The van der Waals surface area contributed by atoms with Crippen LogP contribution in [0.2, 0.25) is 0 Å². The number of aliphatic carboxylic acids is 1. The molecular weight excluding hydrogens is 131 g/mol. The fourth-order valence-electron chi connectivity index (χ4n) is 0.186. The molecule has 0 aliphatic rings. The van der Waals surface area contributed by atoms with Crippen molar-refractivity contribution < 1.29 is 14.6 Å². The first kappa shape index (κ1) is 7.72. The Bertz CT molecular complexity index is 81.4. The van der Waals surface area contributed by atoms with Gasteiger partial charge in [-0.15, -0.1) is 0 Å². The van der Waals surface area contributed by atoms with Crippen LogP contribution in [0.4, 0.5) is 0 Å². The van der Waals surface area contributed by atoms with Crippen molar-refractivity contribution in [3.63, 3.8) is 0 Å². The van der Waals surface area contributed by atoms with Gasteiger partial charge in [-0.05, 0) is 6.92 Å². The van der Waals surface area contributed by atoms with E-state index in [-0.39, 0.29) is 6.61 Å². The van der Waals surface area contributed by atoms with Crippen LogP contribution in [-0.4, -0.2) is 23.2 Å². The molecule has 0 aromatic carbocycles. The SMILES string of the molecule is CC(Cl)OCC(=O)O. The van der Waals surface area contributed by atoms with Gasteiger partial charge in [0.25, 0.3) is 0 Å². The zero-order valence-corrected chi connectivity index (χ0v) is 5.18. The summed E-state index contributed by atoms with van der Waals surface area (Å²) in [6.45, 7) is 1.23. The molecule has 0 spiro atoms. The maximum Gasteiger partial charge on any atom is 0.329 e. The number of carboxylic acids is 1. The molecule has 0 aromatic rings. The Hall–Kier alpha value is -0.280.